The molecule has 0 unspecified atom stereocenters. The Balaban J connectivity index is 2.78. The van der Waals surface area contributed by atoms with Gasteiger partial charge in [0.15, 0.2) is 0 Å². The van der Waals surface area contributed by atoms with Crippen molar-refractivity contribution >= 4 is 15.9 Å². The summed E-state index contributed by atoms with van der Waals surface area (Å²) in [6.45, 7) is 2.39. The van der Waals surface area contributed by atoms with Crippen molar-refractivity contribution in [2.75, 3.05) is 12.9 Å². The summed E-state index contributed by atoms with van der Waals surface area (Å²) in [5.74, 6) is -0.0102. The van der Waals surface area contributed by atoms with Crippen molar-refractivity contribution in [1.29, 1.82) is 0 Å². The van der Waals surface area contributed by atoms with Crippen LogP contribution >= 0.6 is 0 Å². The molecule has 0 saturated heterocycles. The van der Waals surface area contributed by atoms with E-state index in [9.17, 15) is 13.2 Å². The third-order valence-electron chi connectivity index (χ3n) is 1.71. The predicted octanol–water partition coefficient (Wildman–Crippen LogP) is 0.775. The molecular formula is C10H13NO4S. The standard InChI is InChI=1S/C10H13NO4S/c1-3-15-9-6-4-8(5-7-9)10(12)11-16(2,13)14/h4-7H,3H2,1-2H3,(H,11,12). The Morgan fingerprint density at radius 1 is 1.31 bits per heavy atom. The molecule has 0 radical (unpaired) electrons. The van der Waals surface area contributed by atoms with E-state index in [2.05, 4.69) is 0 Å². The molecule has 0 aliphatic heterocycles. The summed E-state index contributed by atoms with van der Waals surface area (Å²) < 4.78 is 28.7. The van der Waals surface area contributed by atoms with Gasteiger partial charge in [0.25, 0.3) is 5.91 Å². The maximum atomic E-state index is 11.4. The topological polar surface area (TPSA) is 72.5 Å². The second kappa shape index (κ2) is 4.98. The summed E-state index contributed by atoms with van der Waals surface area (Å²) in [5.41, 5.74) is 0.272. The smallest absolute Gasteiger partial charge is 0.264 e. The molecule has 0 bridgehead atoms. The van der Waals surface area contributed by atoms with Crippen molar-refractivity contribution in [3.8, 4) is 5.75 Å². The zero-order valence-corrected chi connectivity index (χ0v) is 9.87. The van der Waals surface area contributed by atoms with Crippen LogP contribution in [-0.2, 0) is 10.0 Å². The summed E-state index contributed by atoms with van der Waals surface area (Å²) >= 11 is 0. The SMILES string of the molecule is CCOc1ccc(C(=O)NS(C)(=O)=O)cc1. The Morgan fingerprint density at radius 3 is 2.31 bits per heavy atom. The number of ether oxygens (including phenoxy) is 1. The first-order chi connectivity index (χ1) is 7.42. The first kappa shape index (κ1) is 12.5. The molecule has 0 saturated carbocycles. The highest BCUT2D eigenvalue weighted by molar-refractivity contribution is 7.89. The van der Waals surface area contributed by atoms with Crippen molar-refractivity contribution in [3.63, 3.8) is 0 Å². The van der Waals surface area contributed by atoms with Crippen molar-refractivity contribution in [2.24, 2.45) is 0 Å². The van der Waals surface area contributed by atoms with Gasteiger partial charge in [-0.05, 0) is 31.2 Å². The quantitative estimate of drug-likeness (QED) is 0.848. The molecule has 0 spiro atoms. The van der Waals surface area contributed by atoms with E-state index in [0.717, 1.165) is 6.26 Å². The highest BCUT2D eigenvalue weighted by atomic mass is 32.2. The molecule has 1 aromatic carbocycles. The van der Waals surface area contributed by atoms with Crippen molar-refractivity contribution < 1.29 is 17.9 Å². The Morgan fingerprint density at radius 2 is 1.88 bits per heavy atom. The number of carbonyl (C=O) groups excluding carboxylic acids is 1. The molecule has 0 heterocycles. The lowest BCUT2D eigenvalue weighted by molar-refractivity contribution is 0.0981. The van der Waals surface area contributed by atoms with E-state index < -0.39 is 15.9 Å². The normalized spacial score (nSPS) is 10.9. The molecule has 16 heavy (non-hydrogen) atoms. The molecule has 0 aliphatic rings. The monoisotopic (exact) mass is 243 g/mol. The number of carbonyl (C=O) groups is 1. The van der Waals surface area contributed by atoms with Gasteiger partial charge in [-0.1, -0.05) is 0 Å². The first-order valence-electron chi connectivity index (χ1n) is 4.67. The molecule has 0 aromatic heterocycles. The number of nitrogens with one attached hydrogen (secondary N) is 1. The van der Waals surface area contributed by atoms with Crippen molar-refractivity contribution in [2.45, 2.75) is 6.92 Å². The largest absolute Gasteiger partial charge is 0.494 e. The molecule has 0 fully saturated rings. The molecule has 88 valence electrons. The van der Waals surface area contributed by atoms with Crippen molar-refractivity contribution in [1.82, 2.24) is 4.72 Å². The van der Waals surface area contributed by atoms with E-state index in [4.69, 9.17) is 4.74 Å². The maximum Gasteiger partial charge on any atom is 0.264 e. The van der Waals surface area contributed by atoms with Crippen LogP contribution in [0.2, 0.25) is 0 Å². The minimum Gasteiger partial charge on any atom is -0.494 e. The molecule has 0 atom stereocenters. The van der Waals surface area contributed by atoms with E-state index in [1.54, 1.807) is 12.1 Å². The zero-order valence-electron chi connectivity index (χ0n) is 9.06. The molecule has 1 rings (SSSR count). The minimum absolute atomic E-state index is 0.272. The maximum absolute atomic E-state index is 11.4. The Kier molecular flexibility index (Phi) is 3.89. The van der Waals surface area contributed by atoms with Crippen LogP contribution in [-0.4, -0.2) is 27.2 Å². The molecule has 1 N–H and O–H groups in total. The van der Waals surface area contributed by atoms with Crippen LogP contribution in [0.4, 0.5) is 0 Å². The number of hydrogen-bond donors (Lipinski definition) is 1. The number of sulfonamides is 1. The van der Waals surface area contributed by atoms with E-state index >= 15 is 0 Å². The second-order valence-electron chi connectivity index (χ2n) is 3.16. The van der Waals surface area contributed by atoms with Crippen LogP contribution in [0.1, 0.15) is 17.3 Å². The fourth-order valence-electron chi connectivity index (χ4n) is 1.10. The summed E-state index contributed by atoms with van der Waals surface area (Å²) in [7, 11) is -3.52. The highest BCUT2D eigenvalue weighted by Gasteiger charge is 2.10. The van der Waals surface area contributed by atoms with Gasteiger partial charge in [0, 0.05) is 5.56 Å². The summed E-state index contributed by atoms with van der Waals surface area (Å²) in [5, 5.41) is 0. The third-order valence-corrected chi connectivity index (χ3v) is 2.26. The fraction of sp³-hybridized carbons (Fsp3) is 0.300. The van der Waals surface area contributed by atoms with Crippen molar-refractivity contribution in [3.05, 3.63) is 29.8 Å². The van der Waals surface area contributed by atoms with E-state index in [-0.39, 0.29) is 5.56 Å². The lowest BCUT2D eigenvalue weighted by Gasteiger charge is -2.05. The zero-order chi connectivity index (χ0) is 12.2. The molecule has 1 amide bonds. The average molecular weight is 243 g/mol. The van der Waals surface area contributed by atoms with Gasteiger partial charge < -0.3 is 4.74 Å². The van der Waals surface area contributed by atoms with Gasteiger partial charge in [-0.25, -0.2) is 13.1 Å². The number of rotatable bonds is 4. The third kappa shape index (κ3) is 3.90. The van der Waals surface area contributed by atoms with E-state index in [0.29, 0.717) is 12.4 Å². The highest BCUT2D eigenvalue weighted by Crippen LogP contribution is 2.11. The van der Waals surface area contributed by atoms with Crippen LogP contribution in [0, 0.1) is 0 Å². The molecule has 1 aromatic rings. The van der Waals surface area contributed by atoms with Gasteiger partial charge in [-0.3, -0.25) is 4.79 Å². The summed E-state index contributed by atoms with van der Waals surface area (Å²) in [6.07, 6.45) is 0.930. The Hall–Kier alpha value is -1.56. The van der Waals surface area contributed by atoms with Crippen LogP contribution in [0.25, 0.3) is 0 Å². The van der Waals surface area contributed by atoms with Gasteiger partial charge in [0.05, 0.1) is 12.9 Å². The Bertz CT molecular complexity index is 464. The lowest BCUT2D eigenvalue weighted by Crippen LogP contribution is -2.29. The van der Waals surface area contributed by atoms with Gasteiger partial charge in [-0.2, -0.15) is 0 Å². The lowest BCUT2D eigenvalue weighted by atomic mass is 10.2. The molecule has 0 aliphatic carbocycles. The van der Waals surface area contributed by atoms with Gasteiger partial charge in [0.2, 0.25) is 10.0 Å². The van der Waals surface area contributed by atoms with Gasteiger partial charge in [-0.15, -0.1) is 0 Å². The Labute approximate surface area is 94.5 Å². The number of benzene rings is 1. The molecular weight excluding hydrogens is 230 g/mol. The fourth-order valence-corrected chi connectivity index (χ4v) is 1.55. The minimum atomic E-state index is -3.52. The summed E-state index contributed by atoms with van der Waals surface area (Å²) in [6, 6.07) is 6.23. The van der Waals surface area contributed by atoms with E-state index in [1.165, 1.54) is 12.1 Å². The van der Waals surface area contributed by atoms with Gasteiger partial charge in [0.1, 0.15) is 5.75 Å². The average Bonchev–Trinajstić information content (AvgIpc) is 2.16. The molecule has 6 heteroatoms. The van der Waals surface area contributed by atoms with Crippen LogP contribution in [0.5, 0.6) is 5.75 Å². The van der Waals surface area contributed by atoms with E-state index in [1.807, 2.05) is 11.6 Å². The second-order valence-corrected chi connectivity index (χ2v) is 4.91. The molecule has 5 nitrogen and oxygen atoms in total. The van der Waals surface area contributed by atoms with Crippen LogP contribution < -0.4 is 9.46 Å². The van der Waals surface area contributed by atoms with Crippen LogP contribution in [0.3, 0.4) is 0 Å². The summed E-state index contributed by atoms with van der Waals surface area (Å²) in [4.78, 5) is 11.4. The van der Waals surface area contributed by atoms with Crippen LogP contribution in [0.15, 0.2) is 24.3 Å². The predicted molar refractivity (Wildman–Crippen MR) is 59.9 cm³/mol. The number of amides is 1. The first-order valence-corrected chi connectivity index (χ1v) is 6.56. The van der Waals surface area contributed by atoms with Gasteiger partial charge >= 0.3 is 0 Å². The number of hydrogen-bond acceptors (Lipinski definition) is 4.